The summed E-state index contributed by atoms with van der Waals surface area (Å²) in [7, 11) is 0. The van der Waals surface area contributed by atoms with Crippen LogP contribution in [0.1, 0.15) is 16.1 Å². The van der Waals surface area contributed by atoms with E-state index in [-0.39, 0.29) is 11.6 Å². The normalized spacial score (nSPS) is 10.8. The number of hydrogen-bond donors (Lipinski definition) is 0. The van der Waals surface area contributed by atoms with E-state index in [1.54, 1.807) is 13.0 Å². The monoisotopic (exact) mass is 334 g/mol. The summed E-state index contributed by atoms with van der Waals surface area (Å²) in [5.41, 5.74) is 1.87. The first-order valence-corrected chi connectivity index (χ1v) is 7.63. The molecule has 7 heteroatoms. The van der Waals surface area contributed by atoms with Gasteiger partial charge in [-0.15, -0.1) is 11.3 Å². The Morgan fingerprint density at radius 2 is 2.36 bits per heavy atom. The molecule has 0 spiro atoms. The van der Waals surface area contributed by atoms with Crippen molar-refractivity contribution >= 4 is 40.0 Å². The van der Waals surface area contributed by atoms with Gasteiger partial charge < -0.3 is 9.26 Å². The maximum atomic E-state index is 12.3. The van der Waals surface area contributed by atoms with Crippen molar-refractivity contribution < 1.29 is 14.1 Å². The minimum Gasteiger partial charge on any atom is -0.456 e. The molecule has 0 aliphatic carbocycles. The van der Waals surface area contributed by atoms with Gasteiger partial charge in [0.15, 0.2) is 0 Å². The molecule has 3 heterocycles. The molecule has 0 atom stereocenters. The first-order valence-electron chi connectivity index (χ1n) is 6.37. The molecule has 0 aromatic carbocycles. The first-order chi connectivity index (χ1) is 10.6. The Morgan fingerprint density at radius 1 is 1.55 bits per heavy atom. The van der Waals surface area contributed by atoms with Crippen LogP contribution < -0.4 is 0 Å². The number of halogens is 1. The molecule has 0 saturated heterocycles. The molecule has 3 aromatic rings. The molecule has 0 radical (unpaired) electrons. The highest BCUT2D eigenvalue weighted by Gasteiger charge is 2.20. The number of ether oxygens (including phenoxy) is 1. The van der Waals surface area contributed by atoms with E-state index in [1.807, 2.05) is 17.5 Å². The standard InChI is InChI=1S/C15H11ClN2O3S/c1-8(16)7-20-15(19)10-6-11(12-4-3-5-22-12)17-14-13(10)9(2)18-21-14/h3-6H,1,7H2,2H3. The lowest BCUT2D eigenvalue weighted by atomic mass is 10.1. The lowest BCUT2D eigenvalue weighted by Gasteiger charge is -2.06. The van der Waals surface area contributed by atoms with Crippen LogP contribution in [0, 0.1) is 6.92 Å². The van der Waals surface area contributed by atoms with Gasteiger partial charge in [-0.1, -0.05) is 29.4 Å². The van der Waals surface area contributed by atoms with E-state index in [4.69, 9.17) is 20.9 Å². The zero-order valence-corrected chi connectivity index (χ0v) is 13.2. The second kappa shape index (κ2) is 5.90. The maximum Gasteiger partial charge on any atom is 0.339 e. The van der Waals surface area contributed by atoms with Gasteiger partial charge >= 0.3 is 5.97 Å². The van der Waals surface area contributed by atoms with E-state index >= 15 is 0 Å². The van der Waals surface area contributed by atoms with Gasteiger partial charge in [-0.2, -0.15) is 0 Å². The number of nitrogens with zero attached hydrogens (tertiary/aromatic N) is 2. The first kappa shape index (κ1) is 14.7. The Bertz CT molecular complexity index is 855. The van der Waals surface area contributed by atoms with Gasteiger partial charge in [0.2, 0.25) is 0 Å². The van der Waals surface area contributed by atoms with E-state index in [9.17, 15) is 4.79 Å². The van der Waals surface area contributed by atoms with Crippen molar-refractivity contribution in [2.45, 2.75) is 6.92 Å². The summed E-state index contributed by atoms with van der Waals surface area (Å²) in [6.45, 7) is 5.19. The highest BCUT2D eigenvalue weighted by atomic mass is 35.5. The van der Waals surface area contributed by atoms with Gasteiger partial charge in [0.05, 0.1) is 27.2 Å². The average molecular weight is 335 g/mol. The molecule has 0 N–H and O–H groups in total. The van der Waals surface area contributed by atoms with Crippen LogP contribution in [0.15, 0.2) is 39.7 Å². The van der Waals surface area contributed by atoms with E-state index < -0.39 is 5.97 Å². The van der Waals surface area contributed by atoms with Crippen LogP contribution in [-0.4, -0.2) is 22.7 Å². The number of esters is 1. The summed E-state index contributed by atoms with van der Waals surface area (Å²) in [4.78, 5) is 17.6. The number of hydrogen-bond acceptors (Lipinski definition) is 6. The fraction of sp³-hybridized carbons (Fsp3) is 0.133. The molecule has 0 unspecified atom stereocenters. The third kappa shape index (κ3) is 2.75. The molecule has 3 aromatic heterocycles. The minimum atomic E-state index is -0.515. The second-order valence-corrected chi connectivity index (χ2v) is 6.06. The SMILES string of the molecule is C=C(Cl)COC(=O)c1cc(-c2cccs2)nc2onc(C)c12. The molecule has 0 bridgehead atoms. The lowest BCUT2D eigenvalue weighted by molar-refractivity contribution is 0.0548. The number of aromatic nitrogens is 2. The van der Waals surface area contributed by atoms with E-state index in [1.165, 1.54) is 11.3 Å². The van der Waals surface area contributed by atoms with Crippen molar-refractivity contribution in [2.75, 3.05) is 6.61 Å². The number of carbonyl (C=O) groups is 1. The summed E-state index contributed by atoms with van der Waals surface area (Å²) in [5, 5.41) is 6.60. The van der Waals surface area contributed by atoms with Gasteiger partial charge in [0.25, 0.3) is 5.71 Å². The molecule has 0 fully saturated rings. The number of aryl methyl sites for hydroxylation is 1. The van der Waals surface area contributed by atoms with Crippen LogP contribution in [-0.2, 0) is 4.74 Å². The number of pyridine rings is 1. The Hall–Kier alpha value is -2.18. The van der Waals surface area contributed by atoms with Crippen LogP contribution in [0.3, 0.4) is 0 Å². The maximum absolute atomic E-state index is 12.3. The minimum absolute atomic E-state index is 0.0527. The van der Waals surface area contributed by atoms with Gasteiger partial charge in [-0.3, -0.25) is 0 Å². The lowest BCUT2D eigenvalue weighted by Crippen LogP contribution is -2.08. The zero-order valence-electron chi connectivity index (χ0n) is 11.6. The summed E-state index contributed by atoms with van der Waals surface area (Å²) < 4.78 is 10.3. The van der Waals surface area contributed by atoms with Gasteiger partial charge in [0, 0.05) is 5.03 Å². The molecule has 3 rings (SSSR count). The van der Waals surface area contributed by atoms with Crippen molar-refractivity contribution in [1.29, 1.82) is 0 Å². The van der Waals surface area contributed by atoms with Gasteiger partial charge in [-0.25, -0.2) is 9.78 Å². The topological polar surface area (TPSA) is 65.2 Å². The molecular formula is C15H11ClN2O3S. The Balaban J connectivity index is 2.11. The molecule has 22 heavy (non-hydrogen) atoms. The number of carbonyl (C=O) groups excluding carboxylic acids is 1. The molecule has 0 aliphatic heterocycles. The van der Waals surface area contributed by atoms with Crippen LogP contribution in [0.4, 0.5) is 0 Å². The predicted molar refractivity (Wildman–Crippen MR) is 85.1 cm³/mol. The van der Waals surface area contributed by atoms with E-state index in [2.05, 4.69) is 16.7 Å². The number of rotatable bonds is 4. The number of fused-ring (bicyclic) bond motifs is 1. The third-order valence-corrected chi connectivity index (χ3v) is 3.97. The molecule has 0 amide bonds. The molecule has 0 saturated carbocycles. The summed E-state index contributed by atoms with van der Waals surface area (Å²) in [6.07, 6.45) is 0. The van der Waals surface area contributed by atoms with Crippen molar-refractivity contribution in [2.24, 2.45) is 0 Å². The van der Waals surface area contributed by atoms with Crippen molar-refractivity contribution in [3.05, 3.63) is 46.4 Å². The van der Waals surface area contributed by atoms with Crippen LogP contribution in [0.25, 0.3) is 21.7 Å². The van der Waals surface area contributed by atoms with Crippen molar-refractivity contribution in [3.63, 3.8) is 0 Å². The summed E-state index contributed by atoms with van der Waals surface area (Å²) in [6, 6.07) is 5.50. The molecular weight excluding hydrogens is 324 g/mol. The Kier molecular flexibility index (Phi) is 3.96. The second-order valence-electron chi connectivity index (χ2n) is 4.57. The van der Waals surface area contributed by atoms with Crippen LogP contribution in [0.2, 0.25) is 0 Å². The zero-order chi connectivity index (χ0) is 15.7. The molecule has 112 valence electrons. The van der Waals surface area contributed by atoms with Crippen LogP contribution in [0.5, 0.6) is 0 Å². The van der Waals surface area contributed by atoms with E-state index in [0.717, 1.165) is 4.88 Å². The molecule has 0 aliphatic rings. The average Bonchev–Trinajstić information content (AvgIpc) is 3.14. The van der Waals surface area contributed by atoms with Crippen molar-refractivity contribution in [3.8, 4) is 10.6 Å². The van der Waals surface area contributed by atoms with E-state index in [0.29, 0.717) is 28.1 Å². The fourth-order valence-corrected chi connectivity index (χ4v) is 2.77. The smallest absolute Gasteiger partial charge is 0.339 e. The third-order valence-electron chi connectivity index (χ3n) is 2.97. The van der Waals surface area contributed by atoms with Crippen LogP contribution >= 0.6 is 22.9 Å². The van der Waals surface area contributed by atoms with Gasteiger partial charge in [0.1, 0.15) is 6.61 Å². The highest BCUT2D eigenvalue weighted by molar-refractivity contribution is 7.13. The largest absolute Gasteiger partial charge is 0.456 e. The Labute approximate surface area is 135 Å². The predicted octanol–water partition coefficient (Wildman–Crippen LogP) is 4.17. The Morgan fingerprint density at radius 3 is 3.05 bits per heavy atom. The molecule has 5 nitrogen and oxygen atoms in total. The summed E-state index contributed by atoms with van der Waals surface area (Å²) >= 11 is 7.16. The number of thiophene rings is 1. The quantitative estimate of drug-likeness (QED) is 0.670. The summed E-state index contributed by atoms with van der Waals surface area (Å²) in [5.74, 6) is -0.515. The van der Waals surface area contributed by atoms with Gasteiger partial charge in [-0.05, 0) is 24.4 Å². The van der Waals surface area contributed by atoms with Crippen molar-refractivity contribution in [1.82, 2.24) is 10.1 Å². The highest BCUT2D eigenvalue weighted by Crippen LogP contribution is 2.29. The fourth-order valence-electron chi connectivity index (χ4n) is 2.03.